The van der Waals surface area contributed by atoms with Crippen molar-refractivity contribution >= 4 is 17.3 Å². The molecule has 3 rings (SSSR count). The van der Waals surface area contributed by atoms with Crippen LogP contribution in [0.4, 0.5) is 5.69 Å². The van der Waals surface area contributed by atoms with Crippen molar-refractivity contribution in [1.82, 2.24) is 0 Å². The minimum absolute atomic E-state index is 0.00608. The molecule has 0 radical (unpaired) electrons. The number of fused-ring (bicyclic) bond motifs is 1. The van der Waals surface area contributed by atoms with Gasteiger partial charge in [0.2, 0.25) is 0 Å². The predicted octanol–water partition coefficient (Wildman–Crippen LogP) is 4.58. The van der Waals surface area contributed by atoms with Crippen LogP contribution < -0.4 is 10.1 Å². The van der Waals surface area contributed by atoms with E-state index in [0.717, 1.165) is 22.0 Å². The highest BCUT2D eigenvalue weighted by Crippen LogP contribution is 2.39. The highest BCUT2D eigenvalue weighted by atomic mass is 35.5. The standard InChI is InChI=1S/C16H16ClNO/c1-10-4-3-5-14-15(10)18-11(2)16(19-14)12-6-8-13(17)9-7-12/h3-9,11,16,18H,1-2H3. The molecule has 19 heavy (non-hydrogen) atoms. The number of benzene rings is 2. The highest BCUT2D eigenvalue weighted by molar-refractivity contribution is 6.30. The Labute approximate surface area is 118 Å². The Balaban J connectivity index is 1.95. The molecule has 0 fully saturated rings. The van der Waals surface area contributed by atoms with Crippen LogP contribution in [0.15, 0.2) is 42.5 Å². The molecule has 2 aromatic carbocycles. The summed E-state index contributed by atoms with van der Waals surface area (Å²) in [5.74, 6) is 0.915. The molecule has 2 nitrogen and oxygen atoms in total. The van der Waals surface area contributed by atoms with E-state index in [4.69, 9.17) is 16.3 Å². The van der Waals surface area contributed by atoms with Crippen LogP contribution >= 0.6 is 11.6 Å². The lowest BCUT2D eigenvalue weighted by Gasteiger charge is -2.34. The van der Waals surface area contributed by atoms with Gasteiger partial charge in [0.1, 0.15) is 11.9 Å². The Morgan fingerprint density at radius 3 is 2.58 bits per heavy atom. The molecule has 2 unspecified atom stereocenters. The third-order valence-electron chi connectivity index (χ3n) is 3.51. The molecule has 2 atom stereocenters. The molecule has 0 bridgehead atoms. The Morgan fingerprint density at radius 1 is 1.11 bits per heavy atom. The summed E-state index contributed by atoms with van der Waals surface area (Å²) in [5.41, 5.74) is 3.44. The first kappa shape index (κ1) is 12.4. The van der Waals surface area contributed by atoms with E-state index < -0.39 is 0 Å². The van der Waals surface area contributed by atoms with Crippen molar-refractivity contribution in [3.8, 4) is 5.75 Å². The number of ether oxygens (including phenoxy) is 1. The van der Waals surface area contributed by atoms with Crippen LogP contribution in [0.5, 0.6) is 5.75 Å². The summed E-state index contributed by atoms with van der Waals surface area (Å²) in [5, 5.41) is 4.28. The van der Waals surface area contributed by atoms with Crippen molar-refractivity contribution in [3.05, 3.63) is 58.6 Å². The molecule has 2 aromatic rings. The van der Waals surface area contributed by atoms with Gasteiger partial charge in [0.25, 0.3) is 0 Å². The molecule has 0 spiro atoms. The molecule has 98 valence electrons. The van der Waals surface area contributed by atoms with E-state index in [0.29, 0.717) is 0 Å². The molecular formula is C16H16ClNO. The zero-order valence-corrected chi connectivity index (χ0v) is 11.7. The van der Waals surface area contributed by atoms with Gasteiger partial charge in [-0.3, -0.25) is 0 Å². The number of aryl methyl sites for hydroxylation is 1. The first-order valence-corrected chi connectivity index (χ1v) is 6.81. The van der Waals surface area contributed by atoms with Crippen LogP contribution in [-0.2, 0) is 0 Å². The second kappa shape index (κ2) is 4.78. The quantitative estimate of drug-likeness (QED) is 0.821. The van der Waals surface area contributed by atoms with Gasteiger partial charge < -0.3 is 10.1 Å². The minimum atomic E-state index is 0.00608. The highest BCUT2D eigenvalue weighted by Gasteiger charge is 2.28. The van der Waals surface area contributed by atoms with Crippen LogP contribution in [0.25, 0.3) is 0 Å². The van der Waals surface area contributed by atoms with Gasteiger partial charge in [-0.05, 0) is 43.2 Å². The summed E-state index contributed by atoms with van der Waals surface area (Å²) < 4.78 is 6.15. The van der Waals surface area contributed by atoms with Gasteiger partial charge in [-0.15, -0.1) is 0 Å². The molecule has 0 aliphatic carbocycles. The lowest BCUT2D eigenvalue weighted by Crippen LogP contribution is -2.32. The Kier molecular flexibility index (Phi) is 3.11. The van der Waals surface area contributed by atoms with E-state index in [-0.39, 0.29) is 12.1 Å². The maximum atomic E-state index is 6.15. The number of rotatable bonds is 1. The van der Waals surface area contributed by atoms with Crippen LogP contribution in [0.1, 0.15) is 24.2 Å². The fourth-order valence-corrected chi connectivity index (χ4v) is 2.60. The van der Waals surface area contributed by atoms with Crippen molar-refractivity contribution < 1.29 is 4.74 Å². The maximum absolute atomic E-state index is 6.15. The first-order chi connectivity index (χ1) is 9.15. The van der Waals surface area contributed by atoms with Crippen molar-refractivity contribution in [1.29, 1.82) is 0 Å². The van der Waals surface area contributed by atoms with Gasteiger partial charge in [-0.25, -0.2) is 0 Å². The number of nitrogens with one attached hydrogen (secondary N) is 1. The maximum Gasteiger partial charge on any atom is 0.144 e. The second-order valence-corrected chi connectivity index (χ2v) is 5.41. The number of hydrogen-bond donors (Lipinski definition) is 1. The van der Waals surface area contributed by atoms with Gasteiger partial charge in [-0.1, -0.05) is 35.9 Å². The van der Waals surface area contributed by atoms with Gasteiger partial charge in [0.05, 0.1) is 11.7 Å². The van der Waals surface area contributed by atoms with Gasteiger partial charge in [0, 0.05) is 5.02 Å². The number of anilines is 1. The summed E-state index contributed by atoms with van der Waals surface area (Å²) in [7, 11) is 0. The van der Waals surface area contributed by atoms with E-state index in [2.05, 4.69) is 25.2 Å². The number of para-hydroxylation sites is 1. The van der Waals surface area contributed by atoms with E-state index >= 15 is 0 Å². The van der Waals surface area contributed by atoms with Crippen molar-refractivity contribution in [2.45, 2.75) is 26.0 Å². The molecule has 3 heteroatoms. The average molecular weight is 274 g/mol. The summed E-state index contributed by atoms with van der Waals surface area (Å²) in [6.45, 7) is 4.22. The normalized spacial score (nSPS) is 21.2. The monoisotopic (exact) mass is 273 g/mol. The largest absolute Gasteiger partial charge is 0.481 e. The molecule has 0 saturated carbocycles. The van der Waals surface area contributed by atoms with E-state index in [1.54, 1.807) is 0 Å². The fraction of sp³-hybridized carbons (Fsp3) is 0.250. The summed E-state index contributed by atoms with van der Waals surface area (Å²) in [6.07, 6.45) is 0.00608. The Hall–Kier alpha value is -1.67. The van der Waals surface area contributed by atoms with Crippen LogP contribution in [0, 0.1) is 6.92 Å². The minimum Gasteiger partial charge on any atom is -0.481 e. The van der Waals surface area contributed by atoms with E-state index in [1.165, 1.54) is 5.56 Å². The van der Waals surface area contributed by atoms with Crippen molar-refractivity contribution in [2.24, 2.45) is 0 Å². The zero-order valence-electron chi connectivity index (χ0n) is 11.0. The molecule has 1 aliphatic heterocycles. The second-order valence-electron chi connectivity index (χ2n) is 4.97. The van der Waals surface area contributed by atoms with Gasteiger partial charge in [0.15, 0.2) is 0 Å². The Morgan fingerprint density at radius 2 is 1.84 bits per heavy atom. The van der Waals surface area contributed by atoms with Crippen LogP contribution in [-0.4, -0.2) is 6.04 Å². The van der Waals surface area contributed by atoms with Crippen molar-refractivity contribution in [3.63, 3.8) is 0 Å². The zero-order chi connectivity index (χ0) is 13.4. The summed E-state index contributed by atoms with van der Waals surface area (Å²) >= 11 is 5.93. The van der Waals surface area contributed by atoms with E-state index in [1.807, 2.05) is 36.4 Å². The van der Waals surface area contributed by atoms with E-state index in [9.17, 15) is 0 Å². The van der Waals surface area contributed by atoms with Gasteiger partial charge in [-0.2, -0.15) is 0 Å². The van der Waals surface area contributed by atoms with Crippen molar-refractivity contribution in [2.75, 3.05) is 5.32 Å². The third kappa shape index (κ3) is 2.28. The molecular weight excluding hydrogens is 258 g/mol. The smallest absolute Gasteiger partial charge is 0.144 e. The van der Waals surface area contributed by atoms with Crippen LogP contribution in [0.3, 0.4) is 0 Å². The lowest BCUT2D eigenvalue weighted by atomic mass is 10.00. The molecule has 1 heterocycles. The van der Waals surface area contributed by atoms with Crippen LogP contribution in [0.2, 0.25) is 5.02 Å². The first-order valence-electron chi connectivity index (χ1n) is 6.43. The molecule has 1 aliphatic rings. The molecule has 0 saturated heterocycles. The summed E-state index contributed by atoms with van der Waals surface area (Å²) in [4.78, 5) is 0. The molecule has 1 N–H and O–H groups in total. The average Bonchev–Trinajstić information content (AvgIpc) is 2.40. The molecule has 0 aromatic heterocycles. The van der Waals surface area contributed by atoms with Gasteiger partial charge >= 0.3 is 0 Å². The lowest BCUT2D eigenvalue weighted by molar-refractivity contribution is 0.177. The predicted molar refractivity (Wildman–Crippen MR) is 79.1 cm³/mol. The SMILES string of the molecule is Cc1cccc2c1NC(C)C(c1ccc(Cl)cc1)O2. The molecule has 0 amide bonds. The third-order valence-corrected chi connectivity index (χ3v) is 3.77. The Bertz CT molecular complexity index is 594. The number of hydrogen-bond acceptors (Lipinski definition) is 2. The summed E-state index contributed by atoms with van der Waals surface area (Å²) in [6, 6.07) is 14.2. The fourth-order valence-electron chi connectivity index (χ4n) is 2.48. The number of halogens is 1. The topological polar surface area (TPSA) is 21.3 Å².